The normalized spacial score (nSPS) is 19.2. The van der Waals surface area contributed by atoms with Crippen molar-refractivity contribution in [1.29, 1.82) is 0 Å². The quantitative estimate of drug-likeness (QED) is 0.870. The monoisotopic (exact) mass is 322 g/mol. The van der Waals surface area contributed by atoms with Gasteiger partial charge in [-0.05, 0) is 12.1 Å². The molecule has 1 unspecified atom stereocenters. The summed E-state index contributed by atoms with van der Waals surface area (Å²) in [7, 11) is 0. The van der Waals surface area contributed by atoms with Gasteiger partial charge in [-0.3, -0.25) is 10.1 Å². The van der Waals surface area contributed by atoms with Crippen LogP contribution in [0.15, 0.2) is 33.3 Å². The van der Waals surface area contributed by atoms with Gasteiger partial charge >= 0.3 is 0 Å². The van der Waals surface area contributed by atoms with E-state index < -0.39 is 0 Å². The summed E-state index contributed by atoms with van der Waals surface area (Å²) in [5.74, 6) is 0.980. The maximum atomic E-state index is 11.1. The number of rotatable bonds is 2. The third kappa shape index (κ3) is 2.52. The summed E-state index contributed by atoms with van der Waals surface area (Å²) in [6, 6.07) is 7.53. The topological polar surface area (TPSA) is 80.1 Å². The Balaban J connectivity index is 1.84. The molecule has 1 aromatic carbocycles. The zero-order chi connectivity index (χ0) is 13.2. The average Bonchev–Trinajstić information content (AvgIpc) is 2.89. The molecule has 2 N–H and O–H groups in total. The molecule has 0 bridgehead atoms. The average molecular weight is 323 g/mol. The molecule has 3 rings (SSSR count). The highest BCUT2D eigenvalue weighted by Gasteiger charge is 2.24. The predicted octanol–water partition coefficient (Wildman–Crippen LogP) is 1.26. The number of hydrogen-bond donors (Lipinski definition) is 2. The van der Waals surface area contributed by atoms with Crippen LogP contribution in [-0.2, 0) is 4.79 Å². The standard InChI is InChI=1S/C12H11BrN4O2/c13-8-4-2-1-3-7(8)11-16-12(19-17-11)9-5-15-10(18)6-14-9/h1-4,9,14H,5-6H2,(H,15,18). The van der Waals surface area contributed by atoms with Crippen molar-refractivity contribution in [2.24, 2.45) is 0 Å². The van der Waals surface area contributed by atoms with Gasteiger partial charge < -0.3 is 9.84 Å². The summed E-state index contributed by atoms with van der Waals surface area (Å²) < 4.78 is 6.16. The lowest BCUT2D eigenvalue weighted by Crippen LogP contribution is -2.47. The number of halogens is 1. The van der Waals surface area contributed by atoms with Crippen molar-refractivity contribution in [3.63, 3.8) is 0 Å². The van der Waals surface area contributed by atoms with Crippen LogP contribution in [0.25, 0.3) is 11.4 Å². The predicted molar refractivity (Wildman–Crippen MR) is 71.2 cm³/mol. The van der Waals surface area contributed by atoms with Crippen LogP contribution >= 0.6 is 15.9 Å². The van der Waals surface area contributed by atoms with E-state index in [1.807, 2.05) is 24.3 Å². The van der Waals surface area contributed by atoms with Crippen LogP contribution in [0.4, 0.5) is 0 Å². The Kier molecular flexibility index (Phi) is 3.31. The van der Waals surface area contributed by atoms with Crippen LogP contribution in [-0.4, -0.2) is 29.1 Å². The molecule has 1 aliphatic heterocycles. The van der Waals surface area contributed by atoms with E-state index in [2.05, 4.69) is 36.7 Å². The van der Waals surface area contributed by atoms with Crippen LogP contribution in [0.2, 0.25) is 0 Å². The van der Waals surface area contributed by atoms with E-state index in [9.17, 15) is 4.79 Å². The fourth-order valence-corrected chi connectivity index (χ4v) is 2.33. The molecule has 0 saturated carbocycles. The van der Waals surface area contributed by atoms with Gasteiger partial charge in [0.1, 0.15) is 6.04 Å². The first-order chi connectivity index (χ1) is 9.24. The van der Waals surface area contributed by atoms with Gasteiger partial charge in [-0.1, -0.05) is 33.2 Å². The zero-order valence-electron chi connectivity index (χ0n) is 9.89. The highest BCUT2D eigenvalue weighted by molar-refractivity contribution is 9.10. The van der Waals surface area contributed by atoms with Gasteiger partial charge in [-0.2, -0.15) is 4.98 Å². The first kappa shape index (κ1) is 12.3. The molecular formula is C12H11BrN4O2. The van der Waals surface area contributed by atoms with Gasteiger partial charge in [0.15, 0.2) is 0 Å². The van der Waals surface area contributed by atoms with Crippen molar-refractivity contribution in [2.45, 2.75) is 6.04 Å². The van der Waals surface area contributed by atoms with E-state index in [-0.39, 0.29) is 18.5 Å². The Morgan fingerprint density at radius 1 is 1.37 bits per heavy atom. The Labute approximate surface area is 117 Å². The molecule has 19 heavy (non-hydrogen) atoms. The van der Waals surface area contributed by atoms with Crippen molar-refractivity contribution in [2.75, 3.05) is 13.1 Å². The lowest BCUT2D eigenvalue weighted by atomic mass is 10.2. The van der Waals surface area contributed by atoms with Gasteiger partial charge in [0, 0.05) is 16.6 Å². The molecule has 1 fully saturated rings. The van der Waals surface area contributed by atoms with E-state index in [0.717, 1.165) is 10.0 Å². The van der Waals surface area contributed by atoms with Crippen LogP contribution in [0.1, 0.15) is 11.9 Å². The molecule has 0 aliphatic carbocycles. The Morgan fingerprint density at radius 2 is 2.21 bits per heavy atom. The maximum absolute atomic E-state index is 11.1. The van der Waals surface area contributed by atoms with Gasteiger partial charge in [0.2, 0.25) is 17.6 Å². The molecule has 1 saturated heterocycles. The van der Waals surface area contributed by atoms with E-state index in [1.165, 1.54) is 0 Å². The highest BCUT2D eigenvalue weighted by Crippen LogP contribution is 2.26. The van der Waals surface area contributed by atoms with E-state index in [1.54, 1.807) is 0 Å². The number of nitrogens with one attached hydrogen (secondary N) is 2. The summed E-state index contributed by atoms with van der Waals surface area (Å²) in [6.45, 7) is 0.716. The van der Waals surface area contributed by atoms with Gasteiger partial charge in [0.05, 0.1) is 6.54 Å². The van der Waals surface area contributed by atoms with Gasteiger partial charge in [-0.15, -0.1) is 0 Å². The largest absolute Gasteiger partial charge is 0.353 e. The maximum Gasteiger partial charge on any atom is 0.245 e. The van der Waals surface area contributed by atoms with Crippen molar-refractivity contribution >= 4 is 21.8 Å². The van der Waals surface area contributed by atoms with Gasteiger partial charge in [-0.25, -0.2) is 0 Å². The molecule has 2 heterocycles. The summed E-state index contributed by atoms with van der Waals surface area (Å²) in [4.78, 5) is 15.4. The molecule has 7 heteroatoms. The second-order valence-electron chi connectivity index (χ2n) is 4.17. The molecule has 1 aliphatic rings. The lowest BCUT2D eigenvalue weighted by molar-refractivity contribution is -0.121. The highest BCUT2D eigenvalue weighted by atomic mass is 79.9. The van der Waals surface area contributed by atoms with Crippen molar-refractivity contribution < 1.29 is 9.32 Å². The fourth-order valence-electron chi connectivity index (χ4n) is 1.87. The number of amides is 1. The van der Waals surface area contributed by atoms with Crippen LogP contribution < -0.4 is 10.6 Å². The van der Waals surface area contributed by atoms with E-state index >= 15 is 0 Å². The number of carbonyl (C=O) groups is 1. The van der Waals surface area contributed by atoms with Crippen LogP contribution in [0, 0.1) is 0 Å². The van der Waals surface area contributed by atoms with Crippen LogP contribution in [0.5, 0.6) is 0 Å². The smallest absolute Gasteiger partial charge is 0.245 e. The summed E-state index contributed by atoms with van der Waals surface area (Å²) in [5, 5.41) is 9.77. The third-order valence-corrected chi connectivity index (χ3v) is 3.56. The molecule has 2 aromatic rings. The molecule has 1 aromatic heterocycles. The first-order valence-electron chi connectivity index (χ1n) is 5.82. The van der Waals surface area contributed by atoms with Gasteiger partial charge in [0.25, 0.3) is 0 Å². The third-order valence-electron chi connectivity index (χ3n) is 2.87. The number of aromatic nitrogens is 2. The first-order valence-corrected chi connectivity index (χ1v) is 6.62. The number of hydrogen-bond acceptors (Lipinski definition) is 5. The molecule has 0 radical (unpaired) electrons. The Morgan fingerprint density at radius 3 is 2.95 bits per heavy atom. The Bertz CT molecular complexity index is 603. The Hall–Kier alpha value is -1.73. The van der Waals surface area contributed by atoms with Crippen molar-refractivity contribution in [3.8, 4) is 11.4 Å². The number of carbonyl (C=O) groups excluding carboxylic acids is 1. The van der Waals surface area contributed by atoms with Crippen molar-refractivity contribution in [1.82, 2.24) is 20.8 Å². The number of nitrogens with zero attached hydrogens (tertiary/aromatic N) is 2. The minimum atomic E-state index is -0.138. The second kappa shape index (κ2) is 5.10. The lowest BCUT2D eigenvalue weighted by Gasteiger charge is -2.20. The molecule has 1 amide bonds. The number of piperazine rings is 1. The minimum absolute atomic E-state index is 0.0261. The SMILES string of the molecule is O=C1CNC(c2nc(-c3ccccc3Br)no2)CN1. The van der Waals surface area contributed by atoms with Crippen LogP contribution in [0.3, 0.4) is 0 Å². The fraction of sp³-hybridized carbons (Fsp3) is 0.250. The zero-order valence-corrected chi connectivity index (χ0v) is 11.5. The molecule has 0 spiro atoms. The second-order valence-corrected chi connectivity index (χ2v) is 5.03. The van der Waals surface area contributed by atoms with E-state index in [4.69, 9.17) is 4.52 Å². The molecule has 6 nitrogen and oxygen atoms in total. The molecular weight excluding hydrogens is 312 g/mol. The summed E-state index contributed by atoms with van der Waals surface area (Å²) in [6.07, 6.45) is 0. The summed E-state index contributed by atoms with van der Waals surface area (Å²) in [5.41, 5.74) is 0.873. The molecule has 98 valence electrons. The number of benzene rings is 1. The summed E-state index contributed by atoms with van der Waals surface area (Å²) >= 11 is 3.45. The van der Waals surface area contributed by atoms with E-state index in [0.29, 0.717) is 18.3 Å². The van der Waals surface area contributed by atoms with Crippen molar-refractivity contribution in [3.05, 3.63) is 34.6 Å². The minimum Gasteiger partial charge on any atom is -0.353 e. The molecule has 1 atom stereocenters.